The molecule has 0 spiro atoms. The van der Waals surface area contributed by atoms with Gasteiger partial charge < -0.3 is 19.5 Å². The third-order valence-corrected chi connectivity index (χ3v) is 6.72. The highest BCUT2D eigenvalue weighted by atomic mass is 16.7. The first-order chi connectivity index (χ1) is 16.7. The summed E-state index contributed by atoms with van der Waals surface area (Å²) >= 11 is 0. The number of carbonyl (C=O) groups excluding carboxylic acids is 1. The van der Waals surface area contributed by atoms with Gasteiger partial charge in [0.25, 0.3) is 5.91 Å². The van der Waals surface area contributed by atoms with Gasteiger partial charge in [0.05, 0.1) is 0 Å². The molecule has 1 fully saturated rings. The Morgan fingerprint density at radius 2 is 1.71 bits per heavy atom. The Morgan fingerprint density at radius 3 is 2.35 bits per heavy atom. The van der Waals surface area contributed by atoms with E-state index in [0.717, 1.165) is 31.6 Å². The molecule has 2 aliphatic rings. The fourth-order valence-electron chi connectivity index (χ4n) is 4.92. The Bertz CT molecular complexity index is 926. The highest BCUT2D eigenvalue weighted by molar-refractivity contribution is 5.92. The lowest BCUT2D eigenvalue weighted by Crippen LogP contribution is -2.49. The molecular formula is C28H36N2O4. The summed E-state index contributed by atoms with van der Waals surface area (Å²) < 4.78 is 12.1. The number of ether oxygens (including phenoxy) is 2. The molecular weight excluding hydrogens is 428 g/mol. The van der Waals surface area contributed by atoms with Crippen LogP contribution in [0.25, 0.3) is 0 Å². The zero-order valence-corrected chi connectivity index (χ0v) is 20.0. The molecule has 0 radical (unpaired) electrons. The van der Waals surface area contributed by atoms with E-state index in [1.165, 1.54) is 5.56 Å². The largest absolute Gasteiger partial charge is 0.459 e. The van der Waals surface area contributed by atoms with Gasteiger partial charge in [-0.1, -0.05) is 60.7 Å². The van der Waals surface area contributed by atoms with E-state index in [-0.39, 0.29) is 24.3 Å². The van der Waals surface area contributed by atoms with Crippen molar-refractivity contribution in [3.8, 4) is 0 Å². The zero-order valence-electron chi connectivity index (χ0n) is 20.0. The van der Waals surface area contributed by atoms with Crippen molar-refractivity contribution >= 4 is 5.91 Å². The average molecular weight is 465 g/mol. The Labute approximate surface area is 202 Å². The molecule has 0 bridgehead atoms. The smallest absolute Gasteiger partial charge is 0.288 e. The monoisotopic (exact) mass is 464 g/mol. The van der Waals surface area contributed by atoms with E-state index in [1.54, 1.807) is 0 Å². The zero-order chi connectivity index (χ0) is 23.8. The summed E-state index contributed by atoms with van der Waals surface area (Å²) in [7, 11) is 0. The second-order valence-electron chi connectivity index (χ2n) is 8.99. The first-order valence-electron chi connectivity index (χ1n) is 12.4. The van der Waals surface area contributed by atoms with Gasteiger partial charge in [0.1, 0.15) is 0 Å². The van der Waals surface area contributed by atoms with Crippen LogP contribution in [-0.4, -0.2) is 66.5 Å². The van der Waals surface area contributed by atoms with Gasteiger partial charge >= 0.3 is 0 Å². The number of carbonyl (C=O) groups is 1. The van der Waals surface area contributed by atoms with E-state index in [0.29, 0.717) is 31.9 Å². The Hall–Kier alpha value is -2.67. The number of aliphatic hydroxyl groups is 1. The van der Waals surface area contributed by atoms with Crippen LogP contribution < -0.4 is 0 Å². The summed E-state index contributed by atoms with van der Waals surface area (Å²) in [5.74, 6) is 0.347. The van der Waals surface area contributed by atoms with Crippen molar-refractivity contribution in [3.05, 3.63) is 83.6 Å². The molecule has 3 atom stereocenters. The molecule has 0 unspecified atom stereocenters. The molecule has 6 nitrogen and oxygen atoms in total. The molecule has 1 N–H and O–H groups in total. The summed E-state index contributed by atoms with van der Waals surface area (Å²) in [6.45, 7) is 6.49. The molecule has 2 aliphatic heterocycles. The molecule has 0 saturated carbocycles. The van der Waals surface area contributed by atoms with Crippen LogP contribution in [0.1, 0.15) is 36.8 Å². The lowest BCUT2D eigenvalue weighted by atomic mass is 9.80. The fourth-order valence-corrected chi connectivity index (χ4v) is 4.92. The number of amides is 1. The van der Waals surface area contributed by atoms with Crippen LogP contribution in [0.3, 0.4) is 0 Å². The van der Waals surface area contributed by atoms with Crippen molar-refractivity contribution in [3.63, 3.8) is 0 Å². The number of allylic oxidation sites excluding steroid dienone is 1. The first kappa shape index (κ1) is 24.5. The van der Waals surface area contributed by atoms with Gasteiger partial charge in [0.2, 0.25) is 6.29 Å². The molecule has 2 aromatic carbocycles. The summed E-state index contributed by atoms with van der Waals surface area (Å²) in [6.07, 6.45) is 2.90. The van der Waals surface area contributed by atoms with Gasteiger partial charge in [0.15, 0.2) is 5.76 Å². The predicted octanol–water partition coefficient (Wildman–Crippen LogP) is 3.78. The number of hydrogen-bond donors (Lipinski definition) is 1. The summed E-state index contributed by atoms with van der Waals surface area (Å²) in [4.78, 5) is 17.8. The number of nitrogens with zero attached hydrogens (tertiary/aromatic N) is 2. The van der Waals surface area contributed by atoms with E-state index in [4.69, 9.17) is 9.47 Å². The van der Waals surface area contributed by atoms with Gasteiger partial charge in [0, 0.05) is 57.8 Å². The Balaban J connectivity index is 1.48. The van der Waals surface area contributed by atoms with Crippen LogP contribution in [0.2, 0.25) is 0 Å². The van der Waals surface area contributed by atoms with Gasteiger partial charge in [-0.15, -0.1) is 0 Å². The van der Waals surface area contributed by atoms with Crippen molar-refractivity contribution in [2.75, 3.05) is 39.4 Å². The molecule has 34 heavy (non-hydrogen) atoms. The van der Waals surface area contributed by atoms with E-state index in [9.17, 15) is 9.90 Å². The maximum atomic E-state index is 13.5. The average Bonchev–Trinajstić information content (AvgIpc) is 2.89. The maximum Gasteiger partial charge on any atom is 0.288 e. The third-order valence-electron chi connectivity index (χ3n) is 6.72. The second kappa shape index (κ2) is 12.2. The standard InChI is InChI=1S/C28H36N2O4/c1-2-33-28-24(14-9-19-31)25(23-12-7-4-8-13-23)20-26(34-28)27(32)30-17-15-29(16-18-30)21-22-10-5-3-6-11-22/h3-8,10-13,20,24-25,28,31H,2,9,14-19,21H2,1H3/t24-,25+,28+/m1/s1. The Kier molecular flexibility index (Phi) is 8.74. The number of hydrogen-bond acceptors (Lipinski definition) is 5. The van der Waals surface area contributed by atoms with Crippen molar-refractivity contribution in [2.45, 2.75) is 38.5 Å². The number of piperazine rings is 1. The number of aliphatic hydroxyl groups excluding tert-OH is 1. The molecule has 6 heteroatoms. The number of rotatable bonds is 9. The van der Waals surface area contributed by atoms with Crippen LogP contribution in [0, 0.1) is 5.92 Å². The normalized spacial score (nSPS) is 23.3. The van der Waals surface area contributed by atoms with Crippen molar-refractivity contribution in [2.24, 2.45) is 5.92 Å². The van der Waals surface area contributed by atoms with Gasteiger partial charge in [-0.05, 0) is 37.0 Å². The first-order valence-corrected chi connectivity index (χ1v) is 12.4. The lowest BCUT2D eigenvalue weighted by Gasteiger charge is -2.39. The van der Waals surface area contributed by atoms with Gasteiger partial charge in [-0.3, -0.25) is 9.69 Å². The van der Waals surface area contributed by atoms with Crippen molar-refractivity contribution < 1.29 is 19.4 Å². The minimum absolute atomic E-state index is 0.00336. The van der Waals surface area contributed by atoms with Crippen molar-refractivity contribution in [1.82, 2.24) is 9.80 Å². The minimum Gasteiger partial charge on any atom is -0.459 e. The molecule has 2 heterocycles. The highest BCUT2D eigenvalue weighted by Crippen LogP contribution is 2.39. The third kappa shape index (κ3) is 6.06. The van der Waals surface area contributed by atoms with E-state index in [1.807, 2.05) is 42.2 Å². The second-order valence-corrected chi connectivity index (χ2v) is 8.99. The van der Waals surface area contributed by atoms with Crippen LogP contribution in [0.15, 0.2) is 72.5 Å². The number of benzene rings is 2. The molecule has 0 aliphatic carbocycles. The molecule has 1 amide bonds. The summed E-state index contributed by atoms with van der Waals surface area (Å²) in [5.41, 5.74) is 2.43. The maximum absolute atomic E-state index is 13.5. The lowest BCUT2D eigenvalue weighted by molar-refractivity contribution is -0.171. The molecule has 2 aromatic rings. The molecule has 0 aromatic heterocycles. The van der Waals surface area contributed by atoms with Crippen LogP contribution >= 0.6 is 0 Å². The van der Waals surface area contributed by atoms with E-state index >= 15 is 0 Å². The predicted molar refractivity (Wildman–Crippen MR) is 132 cm³/mol. The molecule has 1 saturated heterocycles. The van der Waals surface area contributed by atoms with Gasteiger partial charge in [-0.25, -0.2) is 0 Å². The topological polar surface area (TPSA) is 62.2 Å². The quantitative estimate of drug-likeness (QED) is 0.612. The van der Waals surface area contributed by atoms with Crippen LogP contribution in [0.5, 0.6) is 0 Å². The molecule has 4 rings (SSSR count). The van der Waals surface area contributed by atoms with E-state index in [2.05, 4.69) is 41.3 Å². The van der Waals surface area contributed by atoms with Crippen LogP contribution in [0.4, 0.5) is 0 Å². The minimum atomic E-state index is -0.509. The molecule has 182 valence electrons. The van der Waals surface area contributed by atoms with Crippen molar-refractivity contribution in [1.29, 1.82) is 0 Å². The summed E-state index contributed by atoms with van der Waals surface area (Å²) in [6, 6.07) is 20.7. The van der Waals surface area contributed by atoms with Crippen LogP contribution in [-0.2, 0) is 20.8 Å². The highest BCUT2D eigenvalue weighted by Gasteiger charge is 2.39. The summed E-state index contributed by atoms with van der Waals surface area (Å²) in [5, 5.41) is 9.43. The SMILES string of the molecule is CCO[C@H]1OC(C(=O)N2CCN(Cc3ccccc3)CC2)=C[C@@H](c2ccccc2)[C@H]1CCCO. The van der Waals surface area contributed by atoms with E-state index < -0.39 is 6.29 Å². The fraction of sp³-hybridized carbons (Fsp3) is 0.464. The van der Waals surface area contributed by atoms with Gasteiger partial charge in [-0.2, -0.15) is 0 Å². The Morgan fingerprint density at radius 1 is 1.03 bits per heavy atom.